The van der Waals surface area contributed by atoms with Crippen LogP contribution in [0.1, 0.15) is 49.1 Å². The fraction of sp³-hybridized carbons (Fsp3) is 0.538. The van der Waals surface area contributed by atoms with E-state index in [9.17, 15) is 0 Å². The average Bonchev–Trinajstić information content (AvgIpc) is 2.34. The molecule has 0 amide bonds. The lowest BCUT2D eigenvalue weighted by molar-refractivity contribution is 0.239. The molecule has 0 bridgehead atoms. The number of hydrogen-bond donors (Lipinski definition) is 0. The minimum atomic E-state index is 0.293. The van der Waals surface area contributed by atoms with Crippen molar-refractivity contribution in [2.24, 2.45) is 5.92 Å². The maximum absolute atomic E-state index is 9.07. The largest absolute Gasteiger partial charge is 0.191 e. The summed E-state index contributed by atoms with van der Waals surface area (Å²) in [6, 6.07) is 5.78. The number of rotatable bonds is 3. The molecule has 0 N–H and O–H groups in total. The van der Waals surface area contributed by atoms with Crippen LogP contribution >= 0.6 is 15.9 Å². The number of hydrogen-bond acceptors (Lipinski definition) is 4. The monoisotopic (exact) mass is 304 g/mol. The van der Waals surface area contributed by atoms with E-state index in [0.29, 0.717) is 28.1 Å². The van der Waals surface area contributed by atoms with Gasteiger partial charge in [0.1, 0.15) is 12.1 Å². The van der Waals surface area contributed by atoms with Gasteiger partial charge >= 0.3 is 0 Å². The maximum Gasteiger partial charge on any atom is 0.166 e. The van der Waals surface area contributed by atoms with E-state index in [1.807, 2.05) is 6.07 Å². The fourth-order valence-electron chi connectivity index (χ4n) is 2.51. The predicted molar refractivity (Wildman–Crippen MR) is 69.9 cm³/mol. The van der Waals surface area contributed by atoms with Gasteiger partial charge in [-0.15, -0.1) is 10.2 Å². The van der Waals surface area contributed by atoms with Crippen LogP contribution in [0.25, 0.3) is 0 Å². The third kappa shape index (κ3) is 2.52. The highest BCUT2D eigenvalue weighted by Gasteiger charge is 2.34. The van der Waals surface area contributed by atoms with Crippen molar-refractivity contribution in [1.82, 2.24) is 10.2 Å². The summed E-state index contributed by atoms with van der Waals surface area (Å²) < 4.78 is 0. The third-order valence-corrected chi connectivity index (χ3v) is 3.86. The first-order valence-electron chi connectivity index (χ1n) is 5.97. The normalized spacial score (nSPS) is 23.6. The highest BCUT2D eigenvalue weighted by molar-refractivity contribution is 9.09. The quantitative estimate of drug-likeness (QED) is 0.805. The van der Waals surface area contributed by atoms with Crippen molar-refractivity contribution < 1.29 is 0 Å². The Hall–Kier alpha value is -1.46. The van der Waals surface area contributed by atoms with Gasteiger partial charge in [-0.2, -0.15) is 10.5 Å². The van der Waals surface area contributed by atoms with E-state index in [2.05, 4.69) is 39.1 Å². The Labute approximate surface area is 115 Å². The number of halogens is 1. The number of alkyl halides is 1. The lowest BCUT2D eigenvalue weighted by atomic mass is 9.68. The zero-order valence-electron chi connectivity index (χ0n) is 10.1. The summed E-state index contributed by atoms with van der Waals surface area (Å²) in [5.74, 6) is 0.921. The van der Waals surface area contributed by atoms with Crippen LogP contribution in [0.3, 0.4) is 0 Å². The van der Waals surface area contributed by atoms with Crippen LogP contribution in [0, 0.1) is 28.6 Å². The molecule has 0 aliphatic heterocycles. The van der Waals surface area contributed by atoms with Crippen molar-refractivity contribution in [3.63, 3.8) is 0 Å². The number of aromatic nitrogens is 2. The summed E-state index contributed by atoms with van der Waals surface area (Å²) in [6.45, 7) is 2.13. The SMILES string of the molecule is CC(Br)CC1CCC1c1cc(C#N)nnc1C#N. The smallest absolute Gasteiger partial charge is 0.166 e. The molecule has 1 aromatic rings. The summed E-state index contributed by atoms with van der Waals surface area (Å²) in [4.78, 5) is 0.473. The molecule has 1 aliphatic rings. The van der Waals surface area contributed by atoms with E-state index >= 15 is 0 Å². The molecule has 1 aromatic heterocycles. The first kappa shape index (κ1) is 13.0. The highest BCUT2D eigenvalue weighted by atomic mass is 79.9. The summed E-state index contributed by atoms with van der Waals surface area (Å²) in [7, 11) is 0. The first-order valence-corrected chi connectivity index (χ1v) is 6.89. The van der Waals surface area contributed by atoms with Crippen LogP contribution in [-0.4, -0.2) is 15.0 Å². The Balaban J connectivity index is 2.28. The van der Waals surface area contributed by atoms with Crippen molar-refractivity contribution in [2.75, 3.05) is 0 Å². The molecule has 3 unspecified atom stereocenters. The van der Waals surface area contributed by atoms with Crippen molar-refractivity contribution in [3.8, 4) is 12.1 Å². The number of nitriles is 2. The molecular formula is C13H13BrN4. The third-order valence-electron chi connectivity index (χ3n) is 3.49. The summed E-state index contributed by atoms with van der Waals surface area (Å²) in [6.07, 6.45) is 3.32. The van der Waals surface area contributed by atoms with Crippen molar-refractivity contribution in [1.29, 1.82) is 10.5 Å². The molecular weight excluding hydrogens is 292 g/mol. The zero-order valence-corrected chi connectivity index (χ0v) is 11.7. The van der Waals surface area contributed by atoms with Crippen LogP contribution in [0.15, 0.2) is 6.07 Å². The Morgan fingerprint density at radius 2 is 2.17 bits per heavy atom. The van der Waals surface area contributed by atoms with Gasteiger partial charge in [0.15, 0.2) is 11.4 Å². The van der Waals surface area contributed by atoms with Crippen LogP contribution in [0.5, 0.6) is 0 Å². The first-order chi connectivity index (χ1) is 8.65. The van der Waals surface area contributed by atoms with Gasteiger partial charge in [0.2, 0.25) is 0 Å². The lowest BCUT2D eigenvalue weighted by Crippen LogP contribution is -2.27. The molecule has 3 atom stereocenters. The van der Waals surface area contributed by atoms with Crippen LogP contribution in [0.4, 0.5) is 0 Å². The van der Waals surface area contributed by atoms with Gasteiger partial charge < -0.3 is 0 Å². The van der Waals surface area contributed by atoms with E-state index in [0.717, 1.165) is 18.4 Å². The molecule has 0 spiro atoms. The van der Waals surface area contributed by atoms with E-state index in [1.54, 1.807) is 6.07 Å². The number of nitrogens with zero attached hydrogens (tertiary/aromatic N) is 4. The molecule has 1 heterocycles. The van der Waals surface area contributed by atoms with E-state index in [-0.39, 0.29) is 0 Å². The molecule has 0 radical (unpaired) electrons. The Kier molecular flexibility index (Phi) is 3.93. The molecule has 1 fully saturated rings. The van der Waals surface area contributed by atoms with E-state index < -0.39 is 0 Å². The van der Waals surface area contributed by atoms with Gasteiger partial charge in [0, 0.05) is 4.83 Å². The molecule has 4 nitrogen and oxygen atoms in total. The molecule has 1 saturated carbocycles. The topological polar surface area (TPSA) is 73.4 Å². The molecule has 0 saturated heterocycles. The van der Waals surface area contributed by atoms with E-state index in [4.69, 9.17) is 10.5 Å². The Morgan fingerprint density at radius 1 is 1.39 bits per heavy atom. The van der Waals surface area contributed by atoms with Crippen LogP contribution < -0.4 is 0 Å². The molecule has 18 heavy (non-hydrogen) atoms. The van der Waals surface area contributed by atoms with Crippen LogP contribution in [-0.2, 0) is 0 Å². The Bertz CT molecular complexity index is 527. The van der Waals surface area contributed by atoms with Gasteiger partial charge in [-0.05, 0) is 42.7 Å². The summed E-state index contributed by atoms with van der Waals surface area (Å²) in [5.41, 5.74) is 1.56. The summed E-state index contributed by atoms with van der Waals surface area (Å²) >= 11 is 3.57. The average molecular weight is 305 g/mol. The summed E-state index contributed by atoms with van der Waals surface area (Å²) in [5, 5.41) is 25.5. The lowest BCUT2D eigenvalue weighted by Gasteiger charge is -2.38. The fourth-order valence-corrected chi connectivity index (χ4v) is 2.99. The van der Waals surface area contributed by atoms with Gasteiger partial charge in [-0.3, -0.25) is 0 Å². The minimum absolute atomic E-state index is 0.293. The Morgan fingerprint density at radius 3 is 2.67 bits per heavy atom. The van der Waals surface area contributed by atoms with Gasteiger partial charge in [-0.1, -0.05) is 22.9 Å². The maximum atomic E-state index is 9.07. The van der Waals surface area contributed by atoms with Crippen LogP contribution in [0.2, 0.25) is 0 Å². The standard InChI is InChI=1S/C13H13BrN4/c1-8(14)4-9-2-3-11(9)12-5-10(6-15)17-18-13(12)7-16/h5,8-9,11H,2-4H2,1H3. The molecule has 5 heteroatoms. The second kappa shape index (κ2) is 5.46. The molecule has 0 aromatic carbocycles. The van der Waals surface area contributed by atoms with Gasteiger partial charge in [-0.25, -0.2) is 0 Å². The van der Waals surface area contributed by atoms with Crippen molar-refractivity contribution in [3.05, 3.63) is 23.0 Å². The van der Waals surface area contributed by atoms with Gasteiger partial charge in [0.05, 0.1) is 0 Å². The molecule has 92 valence electrons. The minimum Gasteiger partial charge on any atom is -0.191 e. The molecule has 1 aliphatic carbocycles. The van der Waals surface area contributed by atoms with E-state index in [1.165, 1.54) is 6.42 Å². The second-order valence-corrected chi connectivity index (χ2v) is 6.28. The predicted octanol–water partition coefficient (Wildman–Crippen LogP) is 2.89. The highest BCUT2D eigenvalue weighted by Crippen LogP contribution is 2.46. The molecule has 2 rings (SSSR count). The van der Waals surface area contributed by atoms with Crippen molar-refractivity contribution >= 4 is 15.9 Å². The second-order valence-electron chi connectivity index (χ2n) is 4.72. The van der Waals surface area contributed by atoms with Crippen molar-refractivity contribution in [2.45, 2.75) is 36.9 Å². The van der Waals surface area contributed by atoms with Gasteiger partial charge in [0.25, 0.3) is 0 Å². The zero-order chi connectivity index (χ0) is 13.1.